The molecule has 0 bridgehead atoms. The van der Waals surface area contributed by atoms with E-state index >= 15 is 0 Å². The van der Waals surface area contributed by atoms with Crippen molar-refractivity contribution in [2.75, 3.05) is 0 Å². The molecule has 0 unspecified atom stereocenters. The van der Waals surface area contributed by atoms with Crippen LogP contribution in [0.4, 0.5) is 0 Å². The molecule has 1 aromatic heterocycles. The van der Waals surface area contributed by atoms with Crippen molar-refractivity contribution >= 4 is 16.9 Å². The molecule has 1 amide bonds. The number of carbonyl (C=O) groups is 1. The Morgan fingerprint density at radius 1 is 1.07 bits per heavy atom. The molecule has 4 rings (SSSR count). The fraction of sp³-hybridized carbons (Fsp3) is 0.417. The van der Waals surface area contributed by atoms with E-state index < -0.39 is 0 Å². The van der Waals surface area contributed by atoms with Crippen molar-refractivity contribution in [1.82, 2.24) is 14.9 Å². The number of carbonyl (C=O) groups excluding carboxylic acids is 1. The van der Waals surface area contributed by atoms with Crippen molar-refractivity contribution in [3.63, 3.8) is 0 Å². The van der Waals surface area contributed by atoms with Gasteiger partial charge in [-0.1, -0.05) is 44.7 Å². The lowest BCUT2D eigenvalue weighted by Crippen LogP contribution is -2.34. The third-order valence-electron chi connectivity index (χ3n) is 5.88. The van der Waals surface area contributed by atoms with Crippen LogP contribution in [-0.2, 0) is 6.42 Å². The molecule has 0 aliphatic heterocycles. The number of aryl methyl sites for hydroxylation is 2. The number of hydrogen-bond acceptors (Lipinski definition) is 2. The average molecular weight is 376 g/mol. The Bertz CT molecular complexity index is 963. The maximum Gasteiger partial charge on any atom is 0.251 e. The summed E-state index contributed by atoms with van der Waals surface area (Å²) in [4.78, 5) is 17.5. The zero-order chi connectivity index (χ0) is 19.5. The maximum absolute atomic E-state index is 12.8. The fourth-order valence-electron chi connectivity index (χ4n) is 4.24. The summed E-state index contributed by atoms with van der Waals surface area (Å²) in [5.74, 6) is 0.953. The van der Waals surface area contributed by atoms with Gasteiger partial charge in [-0.25, -0.2) is 4.98 Å². The SMILES string of the molecule is CCc1ccc(-n2c(C)nc3cc(C(=O)NC4CCCCCC4)ccc32)cc1. The van der Waals surface area contributed by atoms with E-state index in [-0.39, 0.29) is 5.91 Å². The van der Waals surface area contributed by atoms with Crippen LogP contribution >= 0.6 is 0 Å². The highest BCUT2D eigenvalue weighted by atomic mass is 16.1. The normalized spacial score (nSPS) is 15.5. The van der Waals surface area contributed by atoms with Crippen LogP contribution < -0.4 is 5.32 Å². The summed E-state index contributed by atoms with van der Waals surface area (Å²) in [7, 11) is 0. The van der Waals surface area contributed by atoms with Crippen LogP contribution in [0.1, 0.15) is 67.2 Å². The second kappa shape index (κ2) is 8.17. The van der Waals surface area contributed by atoms with Gasteiger partial charge in [0.1, 0.15) is 5.82 Å². The number of amides is 1. The smallest absolute Gasteiger partial charge is 0.251 e. The molecule has 0 saturated heterocycles. The van der Waals surface area contributed by atoms with E-state index in [9.17, 15) is 4.79 Å². The van der Waals surface area contributed by atoms with Gasteiger partial charge in [0.05, 0.1) is 11.0 Å². The minimum Gasteiger partial charge on any atom is -0.349 e. The van der Waals surface area contributed by atoms with E-state index in [0.29, 0.717) is 11.6 Å². The van der Waals surface area contributed by atoms with Crippen LogP contribution in [-0.4, -0.2) is 21.5 Å². The van der Waals surface area contributed by atoms with Gasteiger partial charge in [-0.2, -0.15) is 0 Å². The summed E-state index contributed by atoms with van der Waals surface area (Å²) in [6.07, 6.45) is 8.21. The fourth-order valence-corrected chi connectivity index (χ4v) is 4.24. The lowest BCUT2D eigenvalue weighted by Gasteiger charge is -2.16. The van der Waals surface area contributed by atoms with Gasteiger partial charge < -0.3 is 5.32 Å². The van der Waals surface area contributed by atoms with E-state index in [1.165, 1.54) is 31.2 Å². The molecule has 1 N–H and O–H groups in total. The van der Waals surface area contributed by atoms with Crippen LogP contribution in [0.5, 0.6) is 0 Å². The first-order chi connectivity index (χ1) is 13.7. The largest absolute Gasteiger partial charge is 0.349 e. The summed E-state index contributed by atoms with van der Waals surface area (Å²) in [5.41, 5.74) is 5.03. The first-order valence-electron chi connectivity index (χ1n) is 10.5. The summed E-state index contributed by atoms with van der Waals surface area (Å²) in [6.45, 7) is 4.17. The predicted molar refractivity (Wildman–Crippen MR) is 114 cm³/mol. The molecule has 1 fully saturated rings. The maximum atomic E-state index is 12.8. The van der Waals surface area contributed by atoms with Gasteiger partial charge in [0.15, 0.2) is 0 Å². The third-order valence-corrected chi connectivity index (χ3v) is 5.88. The zero-order valence-corrected chi connectivity index (χ0v) is 16.9. The molecule has 0 spiro atoms. The highest BCUT2D eigenvalue weighted by Gasteiger charge is 2.17. The van der Waals surface area contributed by atoms with E-state index in [1.807, 2.05) is 25.1 Å². The highest BCUT2D eigenvalue weighted by molar-refractivity contribution is 5.97. The first kappa shape index (κ1) is 18.7. The zero-order valence-electron chi connectivity index (χ0n) is 16.9. The van der Waals surface area contributed by atoms with Crippen molar-refractivity contribution in [2.45, 2.75) is 64.8 Å². The van der Waals surface area contributed by atoms with Gasteiger partial charge in [-0.15, -0.1) is 0 Å². The second-order valence-electron chi connectivity index (χ2n) is 7.88. The summed E-state index contributed by atoms with van der Waals surface area (Å²) >= 11 is 0. The topological polar surface area (TPSA) is 46.9 Å². The molecular weight excluding hydrogens is 346 g/mol. The number of nitrogens with zero attached hydrogens (tertiary/aromatic N) is 2. The molecule has 28 heavy (non-hydrogen) atoms. The monoisotopic (exact) mass is 375 g/mol. The van der Waals surface area contributed by atoms with E-state index in [2.05, 4.69) is 41.1 Å². The number of imidazole rings is 1. The van der Waals surface area contributed by atoms with Crippen LogP contribution in [0.25, 0.3) is 16.7 Å². The second-order valence-corrected chi connectivity index (χ2v) is 7.88. The van der Waals surface area contributed by atoms with Crippen LogP contribution in [0, 0.1) is 6.92 Å². The molecule has 1 aliphatic rings. The van der Waals surface area contributed by atoms with Crippen molar-refractivity contribution in [3.05, 3.63) is 59.4 Å². The molecular formula is C24H29N3O. The third kappa shape index (κ3) is 3.82. The average Bonchev–Trinajstić information content (AvgIpc) is 2.86. The number of aromatic nitrogens is 2. The standard InChI is InChI=1S/C24H29N3O/c1-3-18-10-13-21(14-11-18)27-17(2)25-22-16-19(12-15-23(22)27)24(28)26-20-8-6-4-5-7-9-20/h10-16,20H,3-9H2,1-2H3,(H,26,28). The Morgan fingerprint density at radius 2 is 1.79 bits per heavy atom. The van der Waals surface area contributed by atoms with Crippen molar-refractivity contribution in [3.8, 4) is 5.69 Å². The van der Waals surface area contributed by atoms with Gasteiger partial charge in [-0.3, -0.25) is 9.36 Å². The summed E-state index contributed by atoms with van der Waals surface area (Å²) in [5, 5.41) is 3.23. The lowest BCUT2D eigenvalue weighted by atomic mass is 10.1. The number of rotatable bonds is 4. The van der Waals surface area contributed by atoms with Crippen molar-refractivity contribution in [2.24, 2.45) is 0 Å². The Labute approximate surface area is 167 Å². The lowest BCUT2D eigenvalue weighted by molar-refractivity contribution is 0.0933. The minimum absolute atomic E-state index is 0.0216. The molecule has 146 valence electrons. The quantitative estimate of drug-likeness (QED) is 0.625. The number of nitrogens with one attached hydrogen (secondary N) is 1. The Kier molecular flexibility index (Phi) is 5.47. The van der Waals surface area contributed by atoms with Crippen LogP contribution in [0.3, 0.4) is 0 Å². The van der Waals surface area contributed by atoms with Crippen molar-refractivity contribution < 1.29 is 4.79 Å². The van der Waals surface area contributed by atoms with Gasteiger partial charge in [0.2, 0.25) is 0 Å². The number of fused-ring (bicyclic) bond motifs is 1. The van der Waals surface area contributed by atoms with E-state index in [1.54, 1.807) is 0 Å². The van der Waals surface area contributed by atoms with E-state index in [0.717, 1.165) is 41.8 Å². The highest BCUT2D eigenvalue weighted by Crippen LogP contribution is 2.23. The Hall–Kier alpha value is -2.62. The summed E-state index contributed by atoms with van der Waals surface area (Å²) < 4.78 is 2.15. The molecule has 0 atom stereocenters. The van der Waals surface area contributed by atoms with Gasteiger partial charge in [-0.05, 0) is 62.1 Å². The van der Waals surface area contributed by atoms with Gasteiger partial charge in [0.25, 0.3) is 5.91 Å². The minimum atomic E-state index is 0.0216. The molecule has 4 nitrogen and oxygen atoms in total. The summed E-state index contributed by atoms with van der Waals surface area (Å²) in [6, 6.07) is 14.8. The molecule has 1 saturated carbocycles. The molecule has 0 radical (unpaired) electrons. The predicted octanol–water partition coefficient (Wildman–Crippen LogP) is 5.35. The molecule has 3 aromatic rings. The number of benzene rings is 2. The van der Waals surface area contributed by atoms with Crippen LogP contribution in [0.2, 0.25) is 0 Å². The molecule has 1 heterocycles. The number of hydrogen-bond donors (Lipinski definition) is 1. The van der Waals surface area contributed by atoms with Crippen LogP contribution in [0.15, 0.2) is 42.5 Å². The van der Waals surface area contributed by atoms with E-state index in [4.69, 9.17) is 4.98 Å². The Balaban J connectivity index is 1.60. The van der Waals surface area contributed by atoms with Gasteiger partial charge >= 0.3 is 0 Å². The molecule has 4 heteroatoms. The first-order valence-corrected chi connectivity index (χ1v) is 10.5. The van der Waals surface area contributed by atoms with Gasteiger partial charge in [0, 0.05) is 17.3 Å². The molecule has 2 aromatic carbocycles. The Morgan fingerprint density at radius 3 is 2.46 bits per heavy atom. The van der Waals surface area contributed by atoms with Crippen molar-refractivity contribution in [1.29, 1.82) is 0 Å². The molecule has 1 aliphatic carbocycles.